The van der Waals surface area contributed by atoms with Gasteiger partial charge in [-0.1, -0.05) is 12.5 Å². The molecule has 0 radical (unpaired) electrons. The van der Waals surface area contributed by atoms with E-state index in [2.05, 4.69) is 15.4 Å². The molecule has 3 rings (SSSR count). The zero-order chi connectivity index (χ0) is 11.7. The molecule has 2 aromatic rings. The minimum Gasteiger partial charge on any atom is -0.326 e. The molecule has 0 aromatic carbocycles. The minimum absolute atomic E-state index is 0.310. The van der Waals surface area contributed by atoms with Gasteiger partial charge < -0.3 is 11.1 Å². The quantitative estimate of drug-likeness (QED) is 0.809. The van der Waals surface area contributed by atoms with Gasteiger partial charge in [0.25, 0.3) is 0 Å². The van der Waals surface area contributed by atoms with Crippen LogP contribution in [0.15, 0.2) is 18.3 Å². The Bertz CT molecular complexity index is 513. The van der Waals surface area contributed by atoms with Gasteiger partial charge in [0, 0.05) is 12.7 Å². The molecule has 0 aliphatic carbocycles. The second kappa shape index (κ2) is 4.43. The molecule has 0 bridgehead atoms. The summed E-state index contributed by atoms with van der Waals surface area (Å²) in [5, 5.41) is 7.99. The van der Waals surface area contributed by atoms with Crippen molar-refractivity contribution in [2.24, 2.45) is 5.73 Å². The largest absolute Gasteiger partial charge is 0.326 e. The van der Waals surface area contributed by atoms with Crippen molar-refractivity contribution in [3.63, 3.8) is 0 Å². The summed E-state index contributed by atoms with van der Waals surface area (Å²) in [6.45, 7) is 1.60. The molecule has 1 saturated heterocycles. The molecule has 1 atom stereocenters. The highest BCUT2D eigenvalue weighted by Gasteiger charge is 2.19. The van der Waals surface area contributed by atoms with Gasteiger partial charge in [0.15, 0.2) is 11.5 Å². The second-order valence-corrected chi connectivity index (χ2v) is 4.52. The summed E-state index contributed by atoms with van der Waals surface area (Å²) in [6, 6.07) is 4.29. The Labute approximate surface area is 100 Å². The third kappa shape index (κ3) is 2.03. The highest BCUT2D eigenvalue weighted by Crippen LogP contribution is 2.20. The molecule has 3 N–H and O–H groups in total. The first-order valence-electron chi connectivity index (χ1n) is 6.15. The van der Waals surface area contributed by atoms with Crippen molar-refractivity contribution in [3.8, 4) is 0 Å². The van der Waals surface area contributed by atoms with Crippen molar-refractivity contribution < 1.29 is 0 Å². The van der Waals surface area contributed by atoms with Crippen molar-refractivity contribution >= 4 is 5.65 Å². The molecule has 2 aromatic heterocycles. The number of nitrogens with two attached hydrogens (primary N) is 1. The van der Waals surface area contributed by atoms with Gasteiger partial charge in [0.1, 0.15) is 0 Å². The maximum absolute atomic E-state index is 5.62. The number of rotatable bonds is 2. The lowest BCUT2D eigenvalue weighted by molar-refractivity contribution is 0.397. The lowest BCUT2D eigenvalue weighted by atomic mass is 10.0. The van der Waals surface area contributed by atoms with Crippen LogP contribution in [0.25, 0.3) is 5.65 Å². The molecule has 5 heteroatoms. The van der Waals surface area contributed by atoms with Crippen LogP contribution < -0.4 is 11.1 Å². The SMILES string of the molecule is NCc1ccc2nc(C3CCCCN3)nn2c1. The smallest absolute Gasteiger partial charge is 0.168 e. The van der Waals surface area contributed by atoms with E-state index in [1.807, 2.05) is 22.8 Å². The van der Waals surface area contributed by atoms with E-state index in [4.69, 9.17) is 5.73 Å². The number of hydrogen-bond donors (Lipinski definition) is 2. The third-order valence-corrected chi connectivity index (χ3v) is 3.27. The zero-order valence-corrected chi connectivity index (χ0v) is 9.76. The molecule has 0 saturated carbocycles. The van der Waals surface area contributed by atoms with E-state index in [1.54, 1.807) is 0 Å². The Balaban J connectivity index is 1.95. The van der Waals surface area contributed by atoms with Crippen LogP contribution in [0.1, 0.15) is 36.7 Å². The van der Waals surface area contributed by atoms with Crippen molar-refractivity contribution in [2.45, 2.75) is 31.8 Å². The molecular formula is C12H17N5. The zero-order valence-electron chi connectivity index (χ0n) is 9.76. The van der Waals surface area contributed by atoms with Crippen LogP contribution in [0.2, 0.25) is 0 Å². The molecule has 1 fully saturated rings. The van der Waals surface area contributed by atoms with Crippen LogP contribution in [0.3, 0.4) is 0 Å². The normalized spacial score (nSPS) is 20.9. The Kier molecular flexibility index (Phi) is 2.78. The highest BCUT2D eigenvalue weighted by atomic mass is 15.3. The molecule has 5 nitrogen and oxygen atoms in total. The van der Waals surface area contributed by atoms with Crippen LogP contribution in [0.4, 0.5) is 0 Å². The van der Waals surface area contributed by atoms with E-state index in [-0.39, 0.29) is 0 Å². The van der Waals surface area contributed by atoms with Crippen molar-refractivity contribution in [1.82, 2.24) is 19.9 Å². The monoisotopic (exact) mass is 231 g/mol. The van der Waals surface area contributed by atoms with E-state index >= 15 is 0 Å². The number of nitrogens with one attached hydrogen (secondary N) is 1. The molecule has 0 amide bonds. The van der Waals surface area contributed by atoms with Crippen LogP contribution in [-0.4, -0.2) is 21.1 Å². The summed E-state index contributed by atoms with van der Waals surface area (Å²) in [5.41, 5.74) is 7.58. The van der Waals surface area contributed by atoms with Crippen LogP contribution in [0, 0.1) is 0 Å². The molecular weight excluding hydrogens is 214 g/mol. The average molecular weight is 231 g/mol. The number of piperidine rings is 1. The minimum atomic E-state index is 0.310. The predicted octanol–water partition coefficient (Wildman–Crippen LogP) is 1.00. The number of fused-ring (bicyclic) bond motifs is 1. The fraction of sp³-hybridized carbons (Fsp3) is 0.500. The van der Waals surface area contributed by atoms with E-state index in [1.165, 1.54) is 12.8 Å². The second-order valence-electron chi connectivity index (χ2n) is 4.52. The summed E-state index contributed by atoms with van der Waals surface area (Å²) in [6.07, 6.45) is 5.58. The Morgan fingerprint density at radius 1 is 1.41 bits per heavy atom. The number of pyridine rings is 1. The van der Waals surface area contributed by atoms with Crippen LogP contribution in [-0.2, 0) is 6.54 Å². The van der Waals surface area contributed by atoms with Gasteiger partial charge in [-0.2, -0.15) is 0 Å². The molecule has 1 aliphatic heterocycles. The van der Waals surface area contributed by atoms with Crippen LogP contribution >= 0.6 is 0 Å². The van der Waals surface area contributed by atoms with Crippen molar-refractivity contribution in [1.29, 1.82) is 0 Å². The van der Waals surface area contributed by atoms with E-state index < -0.39 is 0 Å². The molecule has 0 spiro atoms. The topological polar surface area (TPSA) is 68.2 Å². The summed E-state index contributed by atoms with van der Waals surface area (Å²) >= 11 is 0. The highest BCUT2D eigenvalue weighted by molar-refractivity contribution is 5.39. The molecule has 17 heavy (non-hydrogen) atoms. The van der Waals surface area contributed by atoms with Gasteiger partial charge in [0.2, 0.25) is 0 Å². The predicted molar refractivity (Wildman–Crippen MR) is 65.5 cm³/mol. The number of hydrogen-bond acceptors (Lipinski definition) is 4. The first kappa shape index (κ1) is 10.7. The lowest BCUT2D eigenvalue weighted by Gasteiger charge is -2.20. The number of nitrogens with zero attached hydrogens (tertiary/aromatic N) is 3. The first-order chi connectivity index (χ1) is 8.36. The molecule has 90 valence electrons. The summed E-state index contributed by atoms with van der Waals surface area (Å²) < 4.78 is 1.83. The fourth-order valence-corrected chi connectivity index (χ4v) is 2.28. The summed E-state index contributed by atoms with van der Waals surface area (Å²) in [5.74, 6) is 0.902. The molecule has 3 heterocycles. The average Bonchev–Trinajstić information content (AvgIpc) is 2.82. The Hall–Kier alpha value is -1.46. The lowest BCUT2D eigenvalue weighted by Crippen LogP contribution is -2.27. The van der Waals surface area contributed by atoms with E-state index in [0.29, 0.717) is 12.6 Å². The van der Waals surface area contributed by atoms with Gasteiger partial charge in [-0.3, -0.25) is 0 Å². The summed E-state index contributed by atoms with van der Waals surface area (Å²) in [4.78, 5) is 4.56. The maximum atomic E-state index is 5.62. The summed E-state index contributed by atoms with van der Waals surface area (Å²) in [7, 11) is 0. The van der Waals surface area contributed by atoms with E-state index in [9.17, 15) is 0 Å². The standard InChI is InChI=1S/C12H17N5/c13-7-9-4-5-11-15-12(16-17(11)8-9)10-3-1-2-6-14-10/h4-5,8,10,14H,1-3,6-7,13H2. The molecule has 1 aliphatic rings. The van der Waals surface area contributed by atoms with Gasteiger partial charge in [-0.15, -0.1) is 5.10 Å². The van der Waals surface area contributed by atoms with Gasteiger partial charge in [0.05, 0.1) is 6.04 Å². The van der Waals surface area contributed by atoms with Gasteiger partial charge in [-0.25, -0.2) is 9.50 Å². The van der Waals surface area contributed by atoms with Crippen molar-refractivity contribution in [2.75, 3.05) is 6.54 Å². The third-order valence-electron chi connectivity index (χ3n) is 3.27. The Morgan fingerprint density at radius 3 is 3.12 bits per heavy atom. The van der Waals surface area contributed by atoms with Gasteiger partial charge in [-0.05, 0) is 31.0 Å². The molecule has 1 unspecified atom stereocenters. The fourth-order valence-electron chi connectivity index (χ4n) is 2.28. The van der Waals surface area contributed by atoms with Gasteiger partial charge >= 0.3 is 0 Å². The Morgan fingerprint density at radius 2 is 2.35 bits per heavy atom. The maximum Gasteiger partial charge on any atom is 0.168 e. The number of aromatic nitrogens is 3. The first-order valence-corrected chi connectivity index (χ1v) is 6.15. The van der Waals surface area contributed by atoms with Crippen molar-refractivity contribution in [3.05, 3.63) is 29.7 Å². The van der Waals surface area contributed by atoms with E-state index in [0.717, 1.165) is 30.0 Å². The van der Waals surface area contributed by atoms with Crippen LogP contribution in [0.5, 0.6) is 0 Å².